The van der Waals surface area contributed by atoms with Gasteiger partial charge in [-0.2, -0.15) is 0 Å². The molecule has 0 aliphatic carbocycles. The topological polar surface area (TPSA) is 68.5 Å². The van der Waals surface area contributed by atoms with E-state index in [2.05, 4.69) is 15.5 Å². The van der Waals surface area contributed by atoms with Gasteiger partial charge in [-0.3, -0.25) is 9.20 Å². The molecule has 0 fully saturated rings. The number of ether oxygens (including phenoxy) is 1. The predicted octanol–water partition coefficient (Wildman–Crippen LogP) is 2.77. The second-order valence-electron chi connectivity index (χ2n) is 5.04. The molecule has 0 atom stereocenters. The highest BCUT2D eigenvalue weighted by atomic mass is 35.5. The first-order valence-corrected chi connectivity index (χ1v) is 8.02. The van der Waals surface area contributed by atoms with Gasteiger partial charge in [0.1, 0.15) is 0 Å². The summed E-state index contributed by atoms with van der Waals surface area (Å²) < 4.78 is 7.06. The molecule has 0 radical (unpaired) electrons. The second kappa shape index (κ2) is 7.51. The summed E-state index contributed by atoms with van der Waals surface area (Å²) in [7, 11) is 0. The van der Waals surface area contributed by atoms with Gasteiger partial charge >= 0.3 is 6.01 Å². The van der Waals surface area contributed by atoms with E-state index in [1.54, 1.807) is 28.8 Å². The molecule has 6 nitrogen and oxygen atoms in total. The molecule has 2 aromatic heterocycles. The number of hydrogen-bond donors (Lipinski definition) is 1. The van der Waals surface area contributed by atoms with E-state index >= 15 is 0 Å². The van der Waals surface area contributed by atoms with Gasteiger partial charge in [0.2, 0.25) is 0 Å². The van der Waals surface area contributed by atoms with Crippen molar-refractivity contribution in [2.24, 2.45) is 0 Å². The number of nitrogens with one attached hydrogen (secondary N) is 1. The highest BCUT2D eigenvalue weighted by molar-refractivity contribution is 6.35. The minimum atomic E-state index is -0.243. The number of benzene rings is 1. The fraction of sp³-hybridized carbons (Fsp3) is 0.188. The summed E-state index contributed by atoms with van der Waals surface area (Å²) in [5.41, 5.74) is 1.58. The van der Waals surface area contributed by atoms with Crippen molar-refractivity contribution in [3.8, 4) is 6.01 Å². The number of nitrogens with zero attached hydrogens (tertiary/aromatic N) is 3. The summed E-state index contributed by atoms with van der Waals surface area (Å²) in [5.74, 6) is -0.243. The Kier molecular flexibility index (Phi) is 5.17. The molecular formula is C16H14Cl2N4O2. The first-order chi connectivity index (χ1) is 11.6. The molecule has 124 valence electrons. The number of halogens is 2. The van der Waals surface area contributed by atoms with Crippen LogP contribution >= 0.6 is 23.2 Å². The van der Waals surface area contributed by atoms with Crippen LogP contribution in [0.4, 0.5) is 0 Å². The second-order valence-corrected chi connectivity index (χ2v) is 5.88. The van der Waals surface area contributed by atoms with E-state index in [0.29, 0.717) is 28.7 Å². The van der Waals surface area contributed by atoms with E-state index in [1.165, 1.54) is 0 Å². The zero-order chi connectivity index (χ0) is 16.9. The third kappa shape index (κ3) is 3.96. The quantitative estimate of drug-likeness (QED) is 0.730. The molecule has 24 heavy (non-hydrogen) atoms. The van der Waals surface area contributed by atoms with Crippen molar-refractivity contribution < 1.29 is 9.53 Å². The van der Waals surface area contributed by atoms with Crippen LogP contribution in [0.1, 0.15) is 5.56 Å². The van der Waals surface area contributed by atoms with Crippen LogP contribution in [0.25, 0.3) is 5.65 Å². The lowest BCUT2D eigenvalue weighted by atomic mass is 10.1. The van der Waals surface area contributed by atoms with E-state index < -0.39 is 0 Å². The zero-order valence-electron chi connectivity index (χ0n) is 12.6. The van der Waals surface area contributed by atoms with Gasteiger partial charge in [0, 0.05) is 22.8 Å². The Labute approximate surface area is 148 Å². The van der Waals surface area contributed by atoms with Gasteiger partial charge in [0.15, 0.2) is 12.3 Å². The third-order valence-corrected chi connectivity index (χ3v) is 3.93. The summed E-state index contributed by atoms with van der Waals surface area (Å²) in [6, 6.07) is 11.1. The van der Waals surface area contributed by atoms with Crippen molar-refractivity contribution in [1.82, 2.24) is 19.9 Å². The maximum atomic E-state index is 11.9. The third-order valence-electron chi connectivity index (χ3n) is 3.35. The van der Waals surface area contributed by atoms with Gasteiger partial charge in [-0.15, -0.1) is 5.10 Å². The first kappa shape index (κ1) is 16.5. The Morgan fingerprint density at radius 3 is 2.92 bits per heavy atom. The van der Waals surface area contributed by atoms with Crippen molar-refractivity contribution in [1.29, 1.82) is 0 Å². The molecule has 8 heteroatoms. The average Bonchev–Trinajstić information content (AvgIpc) is 2.98. The van der Waals surface area contributed by atoms with Crippen LogP contribution in [0.2, 0.25) is 10.0 Å². The minimum absolute atomic E-state index is 0.135. The number of hydrogen-bond acceptors (Lipinski definition) is 4. The van der Waals surface area contributed by atoms with Crippen molar-refractivity contribution in [2.75, 3.05) is 13.2 Å². The molecule has 1 N–H and O–H groups in total. The molecule has 0 unspecified atom stereocenters. The molecule has 2 heterocycles. The lowest BCUT2D eigenvalue weighted by molar-refractivity contribution is -0.123. The highest BCUT2D eigenvalue weighted by Gasteiger charge is 2.09. The lowest BCUT2D eigenvalue weighted by Crippen LogP contribution is -2.30. The van der Waals surface area contributed by atoms with Crippen molar-refractivity contribution in [3.63, 3.8) is 0 Å². The Bertz CT molecular complexity index is 866. The molecule has 0 spiro atoms. The summed E-state index contributed by atoms with van der Waals surface area (Å²) in [4.78, 5) is 11.9. The first-order valence-electron chi connectivity index (χ1n) is 7.26. The number of carbonyl (C=O) groups is 1. The lowest BCUT2D eigenvalue weighted by Gasteiger charge is -2.07. The molecule has 0 aliphatic rings. The van der Waals surface area contributed by atoms with E-state index in [1.807, 2.05) is 18.2 Å². The van der Waals surface area contributed by atoms with Crippen molar-refractivity contribution in [3.05, 3.63) is 58.2 Å². The Morgan fingerprint density at radius 1 is 1.21 bits per heavy atom. The fourth-order valence-electron chi connectivity index (χ4n) is 2.16. The largest absolute Gasteiger partial charge is 0.453 e. The van der Waals surface area contributed by atoms with Gasteiger partial charge in [-0.25, -0.2) is 0 Å². The summed E-state index contributed by atoms with van der Waals surface area (Å²) in [6.45, 7) is 0.314. The summed E-state index contributed by atoms with van der Waals surface area (Å²) in [5, 5.41) is 11.8. The van der Waals surface area contributed by atoms with Crippen LogP contribution in [-0.4, -0.2) is 33.7 Å². The maximum absolute atomic E-state index is 11.9. The number of fused-ring (bicyclic) bond motifs is 1. The molecule has 3 rings (SSSR count). The predicted molar refractivity (Wildman–Crippen MR) is 91.7 cm³/mol. The standard InChI is InChI=1S/C16H14Cl2N4O2/c17-12-5-4-11(13(18)9-12)6-7-19-15(23)10-24-16-21-20-14-3-1-2-8-22(14)16/h1-5,8-9H,6-7,10H2,(H,19,23). The number of pyridine rings is 1. The molecule has 1 amide bonds. The summed E-state index contributed by atoms with van der Waals surface area (Å²) in [6.07, 6.45) is 2.38. The molecule has 1 aromatic carbocycles. The summed E-state index contributed by atoms with van der Waals surface area (Å²) >= 11 is 11.9. The molecule has 0 saturated carbocycles. The Balaban J connectivity index is 1.47. The number of amides is 1. The van der Waals surface area contributed by atoms with Crippen molar-refractivity contribution >= 4 is 34.8 Å². The Hall–Kier alpha value is -2.31. The fourth-order valence-corrected chi connectivity index (χ4v) is 2.66. The van der Waals surface area contributed by atoms with Gasteiger partial charge in [-0.1, -0.05) is 40.4 Å². The number of rotatable bonds is 6. The number of carbonyl (C=O) groups excluding carboxylic acids is 1. The van der Waals surface area contributed by atoms with Crippen LogP contribution in [0.15, 0.2) is 42.6 Å². The molecule has 0 aliphatic heterocycles. The normalized spacial score (nSPS) is 10.8. The molecule has 0 saturated heterocycles. The SMILES string of the molecule is O=C(COc1nnc2ccccn12)NCCc1ccc(Cl)cc1Cl. The minimum Gasteiger partial charge on any atom is -0.453 e. The average molecular weight is 365 g/mol. The molecule has 0 bridgehead atoms. The monoisotopic (exact) mass is 364 g/mol. The van der Waals surface area contributed by atoms with Crippen LogP contribution < -0.4 is 10.1 Å². The highest BCUT2D eigenvalue weighted by Crippen LogP contribution is 2.21. The van der Waals surface area contributed by atoms with Crippen molar-refractivity contribution in [2.45, 2.75) is 6.42 Å². The smallest absolute Gasteiger partial charge is 0.322 e. The van der Waals surface area contributed by atoms with E-state index in [9.17, 15) is 4.79 Å². The van der Waals surface area contributed by atoms with E-state index in [4.69, 9.17) is 27.9 Å². The Morgan fingerprint density at radius 2 is 2.08 bits per heavy atom. The van der Waals surface area contributed by atoms with Gasteiger partial charge in [0.05, 0.1) is 0 Å². The van der Waals surface area contributed by atoms with E-state index in [0.717, 1.165) is 5.56 Å². The zero-order valence-corrected chi connectivity index (χ0v) is 14.1. The maximum Gasteiger partial charge on any atom is 0.322 e. The van der Waals surface area contributed by atoms with Crippen LogP contribution in [-0.2, 0) is 11.2 Å². The van der Waals surface area contributed by atoms with Crippen LogP contribution in [0.5, 0.6) is 6.01 Å². The number of aromatic nitrogens is 3. The van der Waals surface area contributed by atoms with Gasteiger partial charge in [-0.05, 0) is 36.2 Å². The van der Waals surface area contributed by atoms with Gasteiger partial charge in [0.25, 0.3) is 5.91 Å². The molecule has 3 aromatic rings. The van der Waals surface area contributed by atoms with Crippen LogP contribution in [0.3, 0.4) is 0 Å². The van der Waals surface area contributed by atoms with E-state index in [-0.39, 0.29) is 18.5 Å². The van der Waals surface area contributed by atoms with Crippen LogP contribution in [0, 0.1) is 0 Å². The molecular weight excluding hydrogens is 351 g/mol. The van der Waals surface area contributed by atoms with Gasteiger partial charge < -0.3 is 10.1 Å².